The molecule has 1 aromatic carbocycles. The first-order valence-corrected chi connectivity index (χ1v) is 4.98. The summed E-state index contributed by atoms with van der Waals surface area (Å²) in [5, 5.41) is 0. The number of hydrogen-bond acceptors (Lipinski definition) is 3. The van der Waals surface area contributed by atoms with Gasteiger partial charge >= 0.3 is 0 Å². The lowest BCUT2D eigenvalue weighted by atomic mass is 10.0. The fraction of sp³-hybridized carbons (Fsp3) is 0.455. The molecule has 4 N–H and O–H groups in total. The lowest BCUT2D eigenvalue weighted by Gasteiger charge is -2.15. The average Bonchev–Trinajstić information content (AvgIpc) is 2.25. The summed E-state index contributed by atoms with van der Waals surface area (Å²) in [6, 6.07) is 4.55. The Labute approximate surface area is 101 Å². The fourth-order valence-electron chi connectivity index (χ4n) is 1.53. The van der Waals surface area contributed by atoms with E-state index in [1.165, 1.54) is 13.2 Å². The number of hydrogen-bond donors (Lipinski definition) is 2. The maximum Gasteiger partial charge on any atom is 0.165 e. The van der Waals surface area contributed by atoms with Gasteiger partial charge in [0.2, 0.25) is 0 Å². The Morgan fingerprint density at radius 3 is 2.69 bits per heavy atom. The van der Waals surface area contributed by atoms with E-state index in [-0.39, 0.29) is 30.0 Å². The third-order valence-corrected chi connectivity index (χ3v) is 2.32. The van der Waals surface area contributed by atoms with Gasteiger partial charge in [-0.2, -0.15) is 0 Å². The Balaban J connectivity index is 0.00000225. The van der Waals surface area contributed by atoms with Gasteiger partial charge in [-0.25, -0.2) is 4.39 Å². The zero-order valence-electron chi connectivity index (χ0n) is 9.28. The number of benzene rings is 1. The Bertz CT molecular complexity index is 323. The van der Waals surface area contributed by atoms with Crippen molar-refractivity contribution in [2.75, 3.05) is 13.7 Å². The van der Waals surface area contributed by atoms with Gasteiger partial charge in [-0.3, -0.25) is 0 Å². The predicted molar refractivity (Wildman–Crippen MR) is 65.4 cm³/mol. The highest BCUT2D eigenvalue weighted by Gasteiger charge is 2.14. The van der Waals surface area contributed by atoms with Crippen LogP contribution in [0.5, 0.6) is 5.75 Å². The zero-order chi connectivity index (χ0) is 11.3. The van der Waals surface area contributed by atoms with Gasteiger partial charge in [0.1, 0.15) is 0 Å². The summed E-state index contributed by atoms with van der Waals surface area (Å²) >= 11 is 0. The summed E-state index contributed by atoms with van der Waals surface area (Å²) in [7, 11) is 1.44. The molecule has 0 saturated carbocycles. The first kappa shape index (κ1) is 15.2. The maximum atomic E-state index is 13.3. The Hall–Kier alpha value is -0.840. The first-order valence-electron chi connectivity index (χ1n) is 4.98. The van der Waals surface area contributed by atoms with Crippen molar-refractivity contribution < 1.29 is 9.13 Å². The second kappa shape index (κ2) is 7.44. The van der Waals surface area contributed by atoms with Crippen molar-refractivity contribution in [3.05, 3.63) is 29.6 Å². The lowest BCUT2D eigenvalue weighted by molar-refractivity contribution is 0.376. The summed E-state index contributed by atoms with van der Waals surface area (Å²) in [6.07, 6.45) is 1.55. The van der Waals surface area contributed by atoms with E-state index in [1.807, 2.05) is 0 Å². The van der Waals surface area contributed by atoms with Crippen molar-refractivity contribution in [2.45, 2.75) is 18.9 Å². The number of nitrogens with two attached hydrogens (primary N) is 2. The largest absolute Gasteiger partial charge is 0.493 e. The normalized spacial score (nSPS) is 11.8. The zero-order valence-corrected chi connectivity index (χ0v) is 10.1. The molecule has 1 aromatic rings. The minimum atomic E-state index is -0.377. The van der Waals surface area contributed by atoms with Crippen molar-refractivity contribution in [2.24, 2.45) is 11.5 Å². The molecular formula is C11H18ClFN2O. The predicted octanol–water partition coefficient (Wildman–Crippen LogP) is 1.99. The molecule has 3 nitrogen and oxygen atoms in total. The minimum Gasteiger partial charge on any atom is -0.493 e. The van der Waals surface area contributed by atoms with Gasteiger partial charge in [0.05, 0.1) is 7.11 Å². The van der Waals surface area contributed by atoms with E-state index in [4.69, 9.17) is 16.2 Å². The van der Waals surface area contributed by atoms with Crippen LogP contribution in [0.25, 0.3) is 0 Å². The molecule has 5 heteroatoms. The minimum absolute atomic E-state index is 0. The van der Waals surface area contributed by atoms with Gasteiger partial charge in [0.15, 0.2) is 11.6 Å². The molecule has 92 valence electrons. The van der Waals surface area contributed by atoms with E-state index >= 15 is 0 Å². The molecule has 0 aromatic heterocycles. The highest BCUT2D eigenvalue weighted by molar-refractivity contribution is 5.85. The van der Waals surface area contributed by atoms with Gasteiger partial charge in [-0.1, -0.05) is 12.1 Å². The fourth-order valence-corrected chi connectivity index (χ4v) is 1.53. The molecular weight excluding hydrogens is 231 g/mol. The third kappa shape index (κ3) is 3.63. The van der Waals surface area contributed by atoms with Crippen LogP contribution in [0.1, 0.15) is 24.4 Å². The molecule has 0 bridgehead atoms. The maximum absolute atomic E-state index is 13.3. The highest BCUT2D eigenvalue weighted by Crippen LogP contribution is 2.28. The number of ether oxygens (including phenoxy) is 1. The number of para-hydroxylation sites is 1. The highest BCUT2D eigenvalue weighted by atomic mass is 35.5. The van der Waals surface area contributed by atoms with Crippen LogP contribution < -0.4 is 16.2 Å². The van der Waals surface area contributed by atoms with Crippen LogP contribution in [-0.2, 0) is 0 Å². The summed E-state index contributed by atoms with van der Waals surface area (Å²) in [6.45, 7) is 0.589. The average molecular weight is 249 g/mol. The number of rotatable bonds is 5. The van der Waals surface area contributed by atoms with E-state index in [9.17, 15) is 4.39 Å². The second-order valence-electron chi connectivity index (χ2n) is 3.40. The van der Waals surface area contributed by atoms with E-state index in [2.05, 4.69) is 0 Å². The van der Waals surface area contributed by atoms with Crippen molar-refractivity contribution >= 4 is 12.4 Å². The summed E-state index contributed by atoms with van der Waals surface area (Å²) in [5.74, 6) is -0.139. The molecule has 0 amide bonds. The van der Waals surface area contributed by atoms with Gasteiger partial charge in [-0.15, -0.1) is 12.4 Å². The molecule has 0 radical (unpaired) electrons. The van der Waals surface area contributed by atoms with E-state index in [0.29, 0.717) is 12.1 Å². The van der Waals surface area contributed by atoms with Crippen molar-refractivity contribution in [3.63, 3.8) is 0 Å². The summed E-state index contributed by atoms with van der Waals surface area (Å²) in [4.78, 5) is 0. The first-order chi connectivity index (χ1) is 7.20. The van der Waals surface area contributed by atoms with E-state index in [0.717, 1.165) is 12.8 Å². The molecule has 16 heavy (non-hydrogen) atoms. The lowest BCUT2D eigenvalue weighted by Crippen LogP contribution is -2.14. The Morgan fingerprint density at radius 1 is 1.44 bits per heavy atom. The van der Waals surface area contributed by atoms with Gasteiger partial charge < -0.3 is 16.2 Å². The van der Waals surface area contributed by atoms with Gasteiger partial charge in [0.25, 0.3) is 0 Å². The van der Waals surface area contributed by atoms with Crippen LogP contribution in [0, 0.1) is 5.82 Å². The molecule has 1 rings (SSSR count). The van der Waals surface area contributed by atoms with E-state index in [1.54, 1.807) is 12.1 Å². The molecule has 0 spiro atoms. The van der Waals surface area contributed by atoms with Crippen LogP contribution in [0.15, 0.2) is 18.2 Å². The molecule has 0 fully saturated rings. The SMILES string of the molecule is COc1c(F)cccc1[C@@H](N)CCCN.Cl. The van der Waals surface area contributed by atoms with Crippen LogP contribution >= 0.6 is 12.4 Å². The molecule has 0 aliphatic carbocycles. The smallest absolute Gasteiger partial charge is 0.165 e. The quantitative estimate of drug-likeness (QED) is 0.838. The number of methoxy groups -OCH3 is 1. The molecule has 0 aliphatic heterocycles. The molecule has 0 aliphatic rings. The summed E-state index contributed by atoms with van der Waals surface area (Å²) in [5.41, 5.74) is 12.0. The molecule has 0 heterocycles. The monoisotopic (exact) mass is 248 g/mol. The molecule has 0 unspecified atom stereocenters. The van der Waals surface area contributed by atoms with Gasteiger partial charge in [-0.05, 0) is 25.5 Å². The van der Waals surface area contributed by atoms with Crippen molar-refractivity contribution in [3.8, 4) is 5.75 Å². The van der Waals surface area contributed by atoms with Crippen LogP contribution in [0.3, 0.4) is 0 Å². The van der Waals surface area contributed by atoms with Crippen LogP contribution in [0.4, 0.5) is 4.39 Å². The molecule has 0 saturated heterocycles. The summed E-state index contributed by atoms with van der Waals surface area (Å²) < 4.78 is 18.3. The topological polar surface area (TPSA) is 61.3 Å². The second-order valence-corrected chi connectivity index (χ2v) is 3.40. The van der Waals surface area contributed by atoms with Crippen LogP contribution in [-0.4, -0.2) is 13.7 Å². The van der Waals surface area contributed by atoms with E-state index < -0.39 is 0 Å². The van der Waals surface area contributed by atoms with Gasteiger partial charge in [0, 0.05) is 11.6 Å². The standard InChI is InChI=1S/C11H17FN2O.ClH/c1-15-11-8(4-2-5-9(11)12)10(14)6-3-7-13;/h2,4-5,10H,3,6-7,13-14H2,1H3;1H/t10-;/m0./s1. The van der Waals surface area contributed by atoms with Crippen molar-refractivity contribution in [1.29, 1.82) is 0 Å². The Kier molecular flexibility index (Phi) is 7.05. The third-order valence-electron chi connectivity index (χ3n) is 2.32. The van der Waals surface area contributed by atoms with Crippen molar-refractivity contribution in [1.82, 2.24) is 0 Å². The van der Waals surface area contributed by atoms with Crippen LogP contribution in [0.2, 0.25) is 0 Å². The number of halogens is 2. The molecule has 1 atom stereocenters. The Morgan fingerprint density at radius 2 is 2.12 bits per heavy atom.